The van der Waals surface area contributed by atoms with Gasteiger partial charge in [-0.05, 0) is 11.1 Å². The molecule has 6 rings (SSSR count). The molecule has 2 fully saturated rings. The molecule has 2 aliphatic heterocycles. The van der Waals surface area contributed by atoms with Crippen molar-refractivity contribution in [3.05, 3.63) is 78.1 Å². The van der Waals surface area contributed by atoms with Crippen LogP contribution in [0.4, 0.5) is 24.9 Å². The van der Waals surface area contributed by atoms with Crippen molar-refractivity contribution in [3.63, 3.8) is 0 Å². The molecule has 2 aromatic heterocycles. The quantitative estimate of drug-likeness (QED) is 0.164. The number of carbonyl (C=O) groups is 1. The standard InChI is InChI=1S/C28H33N7O4.C2HF3O2/c36-16-21-23(37)24(38)27(39-21)35-17-31-22-25(32-28(33-26(22)35)34-13-11-29-12-14-34)30-15-20(18-7-3-1-4-8-18)19-9-5-2-6-10-19;3-2(4,5)1(6)7/h1-10,17,20-21,23-24,27,29,36-38H,11-16H2,(H,30,32,33);(H,6,7)/t21-,23-,24-,27-;/m1./s1. The Morgan fingerprint density at radius 1 is 1.00 bits per heavy atom. The Morgan fingerprint density at radius 3 is 2.11 bits per heavy atom. The number of hydrogen-bond acceptors (Lipinski definition) is 11. The topological polar surface area (TPSA) is 178 Å². The Morgan fingerprint density at radius 2 is 1.59 bits per heavy atom. The number of aliphatic hydroxyl groups excluding tert-OH is 3. The average Bonchev–Trinajstić information content (AvgIpc) is 3.62. The molecule has 4 aromatic rings. The minimum absolute atomic E-state index is 0.0718. The van der Waals surface area contributed by atoms with Gasteiger partial charge < -0.3 is 40.7 Å². The summed E-state index contributed by atoms with van der Waals surface area (Å²) in [6, 6.07) is 20.7. The smallest absolute Gasteiger partial charge is 0.475 e. The van der Waals surface area contributed by atoms with E-state index in [0.717, 1.165) is 26.2 Å². The van der Waals surface area contributed by atoms with Crippen LogP contribution in [0.15, 0.2) is 67.0 Å². The number of carboxylic acid groups (broad SMARTS) is 1. The second-order valence-electron chi connectivity index (χ2n) is 10.7. The molecule has 0 saturated carbocycles. The molecule has 13 nitrogen and oxygen atoms in total. The van der Waals surface area contributed by atoms with Gasteiger partial charge >= 0.3 is 12.1 Å². The van der Waals surface area contributed by atoms with Gasteiger partial charge in [0, 0.05) is 38.6 Å². The lowest BCUT2D eigenvalue weighted by molar-refractivity contribution is -0.192. The summed E-state index contributed by atoms with van der Waals surface area (Å²) in [5, 5.41) is 44.6. The van der Waals surface area contributed by atoms with Crippen molar-refractivity contribution < 1.29 is 43.1 Å². The number of hydrogen-bond donors (Lipinski definition) is 6. The van der Waals surface area contributed by atoms with Gasteiger partial charge in [-0.3, -0.25) is 4.57 Å². The molecule has 4 heterocycles. The maximum atomic E-state index is 10.7. The lowest BCUT2D eigenvalue weighted by Crippen LogP contribution is -2.44. The van der Waals surface area contributed by atoms with E-state index in [4.69, 9.17) is 24.6 Å². The number of imidazole rings is 1. The number of piperazine rings is 1. The number of fused-ring (bicyclic) bond motifs is 1. The van der Waals surface area contributed by atoms with E-state index in [2.05, 4.69) is 44.8 Å². The Kier molecular flexibility index (Phi) is 10.3. The first-order valence-corrected chi connectivity index (χ1v) is 14.5. The van der Waals surface area contributed by atoms with Gasteiger partial charge in [-0.2, -0.15) is 23.1 Å². The lowest BCUT2D eigenvalue weighted by Gasteiger charge is -2.28. The SMILES string of the molecule is O=C(O)C(F)(F)F.OC[C@H]1O[C@@H](n2cnc3c(NCC(c4ccccc4)c4ccccc4)nc(N4CCNCC4)nc32)[C@H](O)[C@@H]1O. The zero-order valence-electron chi connectivity index (χ0n) is 24.5. The van der Waals surface area contributed by atoms with Crippen molar-refractivity contribution in [3.8, 4) is 0 Å². The summed E-state index contributed by atoms with van der Waals surface area (Å²) in [4.78, 5) is 25.3. The van der Waals surface area contributed by atoms with Gasteiger partial charge in [-0.1, -0.05) is 60.7 Å². The van der Waals surface area contributed by atoms with Crippen LogP contribution in [0, 0.1) is 0 Å². The van der Waals surface area contributed by atoms with Crippen LogP contribution in [-0.2, 0) is 9.53 Å². The number of carboxylic acids is 1. The van der Waals surface area contributed by atoms with Crippen LogP contribution in [0.1, 0.15) is 23.3 Å². The number of halogens is 3. The molecule has 4 atom stereocenters. The monoisotopic (exact) mass is 645 g/mol. The van der Waals surface area contributed by atoms with Crippen LogP contribution < -0.4 is 15.5 Å². The summed E-state index contributed by atoms with van der Waals surface area (Å²) in [6.07, 6.45) is -7.84. The number of benzene rings is 2. The van der Waals surface area contributed by atoms with Crippen LogP contribution in [0.3, 0.4) is 0 Å². The molecule has 2 saturated heterocycles. The first-order valence-electron chi connectivity index (χ1n) is 14.5. The molecule has 46 heavy (non-hydrogen) atoms. The highest BCUT2D eigenvalue weighted by molar-refractivity contribution is 5.84. The molecular weight excluding hydrogens is 611 g/mol. The van der Waals surface area contributed by atoms with Crippen LogP contribution in [0.2, 0.25) is 0 Å². The number of aromatic nitrogens is 4. The average molecular weight is 646 g/mol. The fourth-order valence-corrected chi connectivity index (χ4v) is 5.33. The molecule has 2 aromatic carbocycles. The van der Waals surface area contributed by atoms with E-state index in [-0.39, 0.29) is 5.92 Å². The van der Waals surface area contributed by atoms with E-state index < -0.39 is 43.3 Å². The zero-order valence-corrected chi connectivity index (χ0v) is 24.5. The van der Waals surface area contributed by atoms with E-state index in [1.54, 1.807) is 4.57 Å². The molecule has 0 aliphatic carbocycles. The highest BCUT2D eigenvalue weighted by Crippen LogP contribution is 2.34. The van der Waals surface area contributed by atoms with Crippen molar-refractivity contribution in [2.75, 3.05) is 49.5 Å². The molecule has 0 bridgehead atoms. The maximum Gasteiger partial charge on any atom is 0.490 e. The largest absolute Gasteiger partial charge is 0.490 e. The fourth-order valence-electron chi connectivity index (χ4n) is 5.33. The van der Waals surface area contributed by atoms with Crippen molar-refractivity contribution in [2.45, 2.75) is 36.6 Å². The highest BCUT2D eigenvalue weighted by Gasteiger charge is 2.44. The van der Waals surface area contributed by atoms with Gasteiger partial charge in [0.15, 0.2) is 23.2 Å². The fraction of sp³-hybridized carbons (Fsp3) is 0.400. The first-order chi connectivity index (χ1) is 22.1. The number of aliphatic carboxylic acids is 1. The van der Waals surface area contributed by atoms with Crippen molar-refractivity contribution in [1.82, 2.24) is 24.8 Å². The molecule has 6 N–H and O–H groups in total. The molecule has 2 aliphatic rings. The molecule has 0 amide bonds. The van der Waals surface area contributed by atoms with E-state index >= 15 is 0 Å². The second kappa shape index (κ2) is 14.4. The summed E-state index contributed by atoms with van der Waals surface area (Å²) in [7, 11) is 0. The molecule has 246 valence electrons. The van der Waals surface area contributed by atoms with Gasteiger partial charge in [0.2, 0.25) is 5.95 Å². The number of nitrogens with one attached hydrogen (secondary N) is 2. The number of aliphatic hydroxyl groups is 3. The van der Waals surface area contributed by atoms with E-state index in [0.29, 0.717) is 29.5 Å². The summed E-state index contributed by atoms with van der Waals surface area (Å²) >= 11 is 0. The maximum absolute atomic E-state index is 10.7. The van der Waals surface area contributed by atoms with Crippen LogP contribution in [0.5, 0.6) is 0 Å². The molecular formula is C30H34F3N7O6. The Labute approximate surface area is 261 Å². The number of rotatable bonds is 8. The minimum Gasteiger partial charge on any atom is -0.475 e. The van der Waals surface area contributed by atoms with Crippen LogP contribution in [0.25, 0.3) is 11.2 Å². The highest BCUT2D eigenvalue weighted by atomic mass is 19.4. The van der Waals surface area contributed by atoms with Gasteiger partial charge in [0.25, 0.3) is 0 Å². The number of ether oxygens (including phenoxy) is 1. The Hall–Kier alpha value is -4.35. The summed E-state index contributed by atoms with van der Waals surface area (Å²) in [6.45, 7) is 3.31. The predicted octanol–water partition coefficient (Wildman–Crippen LogP) is 1.72. The summed E-state index contributed by atoms with van der Waals surface area (Å²) in [5.41, 5.74) is 3.38. The number of alkyl halides is 3. The van der Waals surface area contributed by atoms with E-state index in [1.807, 2.05) is 36.4 Å². The molecule has 0 radical (unpaired) electrons. The third-order valence-electron chi connectivity index (χ3n) is 7.72. The molecule has 16 heteroatoms. The van der Waals surface area contributed by atoms with Gasteiger partial charge in [-0.25, -0.2) is 9.78 Å². The van der Waals surface area contributed by atoms with Gasteiger partial charge in [0.05, 0.1) is 12.9 Å². The third kappa shape index (κ3) is 7.37. The van der Waals surface area contributed by atoms with Gasteiger partial charge in [-0.15, -0.1) is 0 Å². The van der Waals surface area contributed by atoms with E-state index in [9.17, 15) is 28.5 Å². The molecule has 0 spiro atoms. The number of anilines is 2. The third-order valence-corrected chi connectivity index (χ3v) is 7.72. The van der Waals surface area contributed by atoms with Gasteiger partial charge in [0.1, 0.15) is 18.3 Å². The predicted molar refractivity (Wildman–Crippen MR) is 160 cm³/mol. The minimum atomic E-state index is -5.08. The van der Waals surface area contributed by atoms with Crippen molar-refractivity contribution in [2.24, 2.45) is 0 Å². The van der Waals surface area contributed by atoms with Crippen LogP contribution in [-0.4, -0.2) is 110 Å². The zero-order chi connectivity index (χ0) is 32.8. The second-order valence-corrected chi connectivity index (χ2v) is 10.7. The first kappa shape index (κ1) is 33.0. The van der Waals surface area contributed by atoms with Crippen molar-refractivity contribution >= 4 is 28.9 Å². The molecule has 0 unspecified atom stereocenters. The van der Waals surface area contributed by atoms with E-state index in [1.165, 1.54) is 17.5 Å². The summed E-state index contributed by atoms with van der Waals surface area (Å²) in [5.74, 6) is -1.55. The lowest BCUT2D eigenvalue weighted by atomic mass is 9.91. The summed E-state index contributed by atoms with van der Waals surface area (Å²) < 4.78 is 39.1. The van der Waals surface area contributed by atoms with Crippen molar-refractivity contribution in [1.29, 1.82) is 0 Å². The van der Waals surface area contributed by atoms with Crippen LogP contribution >= 0.6 is 0 Å². The Balaban J connectivity index is 0.000000537. The number of nitrogens with zero attached hydrogens (tertiary/aromatic N) is 5. The normalized spacial score (nSPS) is 21.7. The Bertz CT molecular complexity index is 1550.